The second-order valence-electron chi connectivity index (χ2n) is 4.62. The van der Waals surface area contributed by atoms with Crippen molar-refractivity contribution in [2.75, 3.05) is 18.9 Å². The van der Waals surface area contributed by atoms with Gasteiger partial charge < -0.3 is 10.2 Å². The van der Waals surface area contributed by atoms with Crippen LogP contribution in [0.4, 0.5) is 5.69 Å². The van der Waals surface area contributed by atoms with Gasteiger partial charge in [0.25, 0.3) is 0 Å². The summed E-state index contributed by atoms with van der Waals surface area (Å²) in [7, 11) is 1.76. The van der Waals surface area contributed by atoms with Gasteiger partial charge in [-0.1, -0.05) is 11.6 Å². The highest BCUT2D eigenvalue weighted by Gasteiger charge is 2.28. The van der Waals surface area contributed by atoms with Crippen molar-refractivity contribution in [3.8, 4) is 0 Å². The normalized spacial score (nSPS) is 19.4. The van der Waals surface area contributed by atoms with Crippen LogP contribution in [0.25, 0.3) is 0 Å². The van der Waals surface area contributed by atoms with Crippen LogP contribution in [0, 0.1) is 5.92 Å². The molecule has 1 aliphatic rings. The summed E-state index contributed by atoms with van der Waals surface area (Å²) in [6, 6.07) is 5.19. The SMILES string of the molecule is CN1CCC(C(=O)Nc2ccc(Cl)c(Br)c2)CC1=O. The Morgan fingerprint density at radius 2 is 2.26 bits per heavy atom. The molecular formula is C13H14BrClN2O2. The summed E-state index contributed by atoms with van der Waals surface area (Å²) in [5.41, 5.74) is 0.674. The first-order chi connectivity index (χ1) is 8.97. The molecule has 102 valence electrons. The lowest BCUT2D eigenvalue weighted by molar-refractivity contribution is -0.137. The van der Waals surface area contributed by atoms with E-state index in [-0.39, 0.29) is 24.2 Å². The Kier molecular flexibility index (Phi) is 4.47. The predicted molar refractivity (Wildman–Crippen MR) is 78.1 cm³/mol. The Labute approximate surface area is 125 Å². The summed E-state index contributed by atoms with van der Waals surface area (Å²) in [6.07, 6.45) is 0.972. The van der Waals surface area contributed by atoms with Crippen LogP contribution in [0.15, 0.2) is 22.7 Å². The minimum Gasteiger partial charge on any atom is -0.346 e. The van der Waals surface area contributed by atoms with E-state index in [2.05, 4.69) is 21.2 Å². The highest BCUT2D eigenvalue weighted by atomic mass is 79.9. The number of carbonyl (C=O) groups is 2. The zero-order valence-electron chi connectivity index (χ0n) is 10.5. The van der Waals surface area contributed by atoms with Gasteiger partial charge in [0.2, 0.25) is 11.8 Å². The molecule has 1 aromatic carbocycles. The third-order valence-electron chi connectivity index (χ3n) is 3.22. The lowest BCUT2D eigenvalue weighted by atomic mass is 9.95. The van der Waals surface area contributed by atoms with Crippen molar-refractivity contribution in [2.24, 2.45) is 5.92 Å². The summed E-state index contributed by atoms with van der Waals surface area (Å²) < 4.78 is 0.728. The number of anilines is 1. The quantitative estimate of drug-likeness (QED) is 0.896. The molecule has 1 fully saturated rings. The topological polar surface area (TPSA) is 49.4 Å². The van der Waals surface area contributed by atoms with Crippen molar-refractivity contribution in [2.45, 2.75) is 12.8 Å². The summed E-state index contributed by atoms with van der Waals surface area (Å²) in [6.45, 7) is 0.626. The van der Waals surface area contributed by atoms with Crippen LogP contribution in [0.1, 0.15) is 12.8 Å². The smallest absolute Gasteiger partial charge is 0.228 e. The number of nitrogens with zero attached hydrogens (tertiary/aromatic N) is 1. The number of nitrogens with one attached hydrogen (secondary N) is 1. The van der Waals surface area contributed by atoms with Gasteiger partial charge >= 0.3 is 0 Å². The first-order valence-corrected chi connectivity index (χ1v) is 7.14. The van der Waals surface area contributed by atoms with Crippen LogP contribution in [-0.2, 0) is 9.59 Å². The van der Waals surface area contributed by atoms with E-state index in [1.807, 2.05) is 0 Å². The Morgan fingerprint density at radius 1 is 1.53 bits per heavy atom. The van der Waals surface area contributed by atoms with E-state index in [1.54, 1.807) is 30.1 Å². The molecule has 1 aromatic rings. The van der Waals surface area contributed by atoms with E-state index >= 15 is 0 Å². The molecule has 1 atom stereocenters. The highest BCUT2D eigenvalue weighted by molar-refractivity contribution is 9.10. The number of rotatable bonds is 2. The molecule has 2 amide bonds. The van der Waals surface area contributed by atoms with E-state index in [9.17, 15) is 9.59 Å². The lowest BCUT2D eigenvalue weighted by Crippen LogP contribution is -2.39. The molecule has 1 N–H and O–H groups in total. The Hall–Kier alpha value is -1.07. The summed E-state index contributed by atoms with van der Waals surface area (Å²) in [5, 5.41) is 3.41. The fourth-order valence-electron chi connectivity index (χ4n) is 1.98. The van der Waals surface area contributed by atoms with Gasteiger partial charge in [0, 0.05) is 36.1 Å². The van der Waals surface area contributed by atoms with Crippen LogP contribution >= 0.6 is 27.5 Å². The van der Waals surface area contributed by atoms with Gasteiger partial charge in [-0.05, 0) is 40.5 Å². The molecule has 6 heteroatoms. The second kappa shape index (κ2) is 5.92. The third-order valence-corrected chi connectivity index (χ3v) is 4.43. The zero-order valence-corrected chi connectivity index (χ0v) is 12.8. The minimum atomic E-state index is -0.252. The molecule has 1 unspecified atom stereocenters. The fourth-order valence-corrected chi connectivity index (χ4v) is 2.48. The van der Waals surface area contributed by atoms with Gasteiger partial charge in [-0.2, -0.15) is 0 Å². The maximum Gasteiger partial charge on any atom is 0.228 e. The van der Waals surface area contributed by atoms with Crippen LogP contribution in [-0.4, -0.2) is 30.3 Å². The van der Waals surface area contributed by atoms with Crippen molar-refractivity contribution in [3.05, 3.63) is 27.7 Å². The van der Waals surface area contributed by atoms with Gasteiger partial charge in [0.15, 0.2) is 0 Å². The van der Waals surface area contributed by atoms with Crippen LogP contribution in [0.2, 0.25) is 5.02 Å². The summed E-state index contributed by atoms with van der Waals surface area (Å²) in [4.78, 5) is 25.3. The van der Waals surface area contributed by atoms with Crippen molar-refractivity contribution >= 4 is 45.0 Å². The van der Waals surface area contributed by atoms with E-state index < -0.39 is 0 Å². The van der Waals surface area contributed by atoms with Gasteiger partial charge in [-0.3, -0.25) is 9.59 Å². The Morgan fingerprint density at radius 3 is 2.89 bits per heavy atom. The zero-order chi connectivity index (χ0) is 14.0. The molecule has 1 aliphatic heterocycles. The first kappa shape index (κ1) is 14.3. The maximum absolute atomic E-state index is 12.1. The average molecular weight is 346 g/mol. The molecule has 1 saturated heterocycles. The van der Waals surface area contributed by atoms with Gasteiger partial charge in [0.05, 0.1) is 5.02 Å². The molecule has 1 heterocycles. The fraction of sp³-hybridized carbons (Fsp3) is 0.385. The number of amides is 2. The third kappa shape index (κ3) is 3.48. The molecule has 0 radical (unpaired) electrons. The summed E-state index contributed by atoms with van der Waals surface area (Å²) in [5.74, 6) is -0.350. The molecule has 0 aromatic heterocycles. The molecule has 4 nitrogen and oxygen atoms in total. The van der Waals surface area contributed by atoms with Crippen molar-refractivity contribution in [1.29, 1.82) is 0 Å². The van der Waals surface area contributed by atoms with Crippen LogP contribution in [0.3, 0.4) is 0 Å². The van der Waals surface area contributed by atoms with E-state index in [4.69, 9.17) is 11.6 Å². The van der Waals surface area contributed by atoms with Crippen LogP contribution in [0.5, 0.6) is 0 Å². The largest absolute Gasteiger partial charge is 0.346 e. The number of piperidine rings is 1. The highest BCUT2D eigenvalue weighted by Crippen LogP contribution is 2.26. The number of halogens is 2. The van der Waals surface area contributed by atoms with E-state index in [0.29, 0.717) is 23.7 Å². The summed E-state index contributed by atoms with van der Waals surface area (Å²) >= 11 is 9.20. The Bertz CT molecular complexity index is 521. The molecule has 0 aliphatic carbocycles. The monoisotopic (exact) mass is 344 g/mol. The molecule has 0 saturated carbocycles. The average Bonchev–Trinajstić information content (AvgIpc) is 2.37. The van der Waals surface area contributed by atoms with E-state index in [1.165, 1.54) is 0 Å². The van der Waals surface area contributed by atoms with Crippen molar-refractivity contribution < 1.29 is 9.59 Å². The molecular weight excluding hydrogens is 332 g/mol. The number of carbonyl (C=O) groups excluding carboxylic acids is 2. The second-order valence-corrected chi connectivity index (χ2v) is 5.88. The Balaban J connectivity index is 2.01. The number of hydrogen-bond acceptors (Lipinski definition) is 2. The molecule has 19 heavy (non-hydrogen) atoms. The predicted octanol–water partition coefficient (Wildman–Crippen LogP) is 2.91. The first-order valence-electron chi connectivity index (χ1n) is 5.97. The number of likely N-dealkylation sites (tertiary alicyclic amines) is 1. The number of hydrogen-bond donors (Lipinski definition) is 1. The molecule has 0 bridgehead atoms. The van der Waals surface area contributed by atoms with E-state index in [0.717, 1.165) is 4.47 Å². The van der Waals surface area contributed by atoms with Gasteiger partial charge in [-0.25, -0.2) is 0 Å². The van der Waals surface area contributed by atoms with Crippen molar-refractivity contribution in [1.82, 2.24) is 4.90 Å². The molecule has 2 rings (SSSR count). The van der Waals surface area contributed by atoms with Crippen molar-refractivity contribution in [3.63, 3.8) is 0 Å². The lowest BCUT2D eigenvalue weighted by Gasteiger charge is -2.27. The molecule has 0 spiro atoms. The maximum atomic E-state index is 12.1. The van der Waals surface area contributed by atoms with Gasteiger partial charge in [0.1, 0.15) is 0 Å². The van der Waals surface area contributed by atoms with Crippen LogP contribution < -0.4 is 5.32 Å². The number of benzene rings is 1. The standard InChI is InChI=1S/C13H14BrClN2O2/c1-17-5-4-8(6-12(17)18)13(19)16-9-2-3-11(15)10(14)7-9/h2-3,7-8H,4-6H2,1H3,(H,16,19). The minimum absolute atomic E-state index is 0.0173. The van der Waals surface area contributed by atoms with Gasteiger partial charge in [-0.15, -0.1) is 0 Å².